The third-order valence-electron chi connectivity index (χ3n) is 11.7. The summed E-state index contributed by atoms with van der Waals surface area (Å²) in [7, 11) is -7.81. The second-order valence-corrected chi connectivity index (χ2v) is 19.5. The number of benzene rings is 2. The highest BCUT2D eigenvalue weighted by molar-refractivity contribution is 7.89. The maximum atomic E-state index is 13.3. The molecule has 22 heteroatoms. The Morgan fingerprint density at radius 2 is 0.922 bits per heavy atom. The quantitative estimate of drug-likeness (QED) is 0.162. The number of pyridine rings is 2. The van der Waals surface area contributed by atoms with Gasteiger partial charge in [0.05, 0.1) is 33.8 Å². The molecule has 4 atom stereocenters. The third kappa shape index (κ3) is 10.9. The molecule has 6 rings (SSSR count). The van der Waals surface area contributed by atoms with Gasteiger partial charge >= 0.3 is 24.3 Å². The average molecular weight is 943 g/mol. The zero-order valence-electron chi connectivity index (χ0n) is 35.6. The Labute approximate surface area is 367 Å². The summed E-state index contributed by atoms with van der Waals surface area (Å²) in [6.45, 7) is 11.2. The first-order valence-electron chi connectivity index (χ1n) is 19.9. The number of piperazine rings is 2. The molecule has 2 aromatic carbocycles. The van der Waals surface area contributed by atoms with E-state index in [1.54, 1.807) is 63.5 Å². The zero-order chi connectivity index (χ0) is 47.7. The van der Waals surface area contributed by atoms with Crippen molar-refractivity contribution < 1.29 is 63.0 Å². The fourth-order valence-electron chi connectivity index (χ4n) is 7.60. The minimum atomic E-state index is -4.48. The van der Waals surface area contributed by atoms with Gasteiger partial charge in [0.15, 0.2) is 0 Å². The number of carboxylic acids is 2. The number of rotatable bonds is 10. The van der Waals surface area contributed by atoms with E-state index in [9.17, 15) is 52.8 Å². The number of carboxylic acid groups (broad SMARTS) is 2. The van der Waals surface area contributed by atoms with Crippen LogP contribution in [0.3, 0.4) is 0 Å². The van der Waals surface area contributed by atoms with Crippen LogP contribution in [0, 0.1) is 13.8 Å². The first-order chi connectivity index (χ1) is 29.6. The number of halogens is 6. The molecule has 0 aliphatic carbocycles. The highest BCUT2D eigenvalue weighted by Crippen LogP contribution is 2.34. The molecule has 2 N–H and O–H groups in total. The molecule has 64 heavy (non-hydrogen) atoms. The molecule has 0 spiro atoms. The molecule has 0 unspecified atom stereocenters. The van der Waals surface area contributed by atoms with Crippen LogP contribution < -0.4 is 9.80 Å². The SMILES string of the molecule is Cc1ccc(S(=O)(=O)N2CCN(c3ccc(C(F)(F)F)cn3)[C@@H](C)[C@H]2C)cc1CC(=O)O.Cc1ccc(S(=O)(=O)N2CCN(c3ccc(C(F)(F)F)cn3)[C@H](C)[C@@H]2C)cc1CC(=O)O. The van der Waals surface area contributed by atoms with Gasteiger partial charge in [-0.05, 0) is 112 Å². The van der Waals surface area contributed by atoms with Gasteiger partial charge in [-0.3, -0.25) is 9.59 Å². The van der Waals surface area contributed by atoms with Crippen molar-refractivity contribution >= 4 is 43.6 Å². The maximum Gasteiger partial charge on any atom is 0.417 e. The van der Waals surface area contributed by atoms with Gasteiger partial charge in [-0.1, -0.05) is 12.1 Å². The molecule has 0 amide bonds. The largest absolute Gasteiger partial charge is 0.481 e. The van der Waals surface area contributed by atoms with E-state index in [1.807, 2.05) is 0 Å². The van der Waals surface area contributed by atoms with Crippen LogP contribution in [-0.2, 0) is 54.8 Å². The Kier molecular flexibility index (Phi) is 14.8. The third-order valence-corrected chi connectivity index (χ3v) is 15.7. The summed E-state index contributed by atoms with van der Waals surface area (Å²) in [5, 5.41) is 18.2. The smallest absolute Gasteiger partial charge is 0.417 e. The van der Waals surface area contributed by atoms with Gasteiger partial charge in [0.1, 0.15) is 11.6 Å². The number of alkyl halides is 6. The summed E-state index contributed by atoms with van der Waals surface area (Å²) in [6, 6.07) is 11.6. The molecule has 348 valence electrons. The fraction of sp³-hybridized carbons (Fsp3) is 0.429. The summed E-state index contributed by atoms with van der Waals surface area (Å²) in [5.41, 5.74) is 0.523. The molecule has 14 nitrogen and oxygen atoms in total. The van der Waals surface area contributed by atoms with Crippen molar-refractivity contribution in [3.8, 4) is 0 Å². The Morgan fingerprint density at radius 3 is 1.20 bits per heavy atom. The molecule has 2 aromatic heterocycles. The van der Waals surface area contributed by atoms with E-state index in [2.05, 4.69) is 9.97 Å². The van der Waals surface area contributed by atoms with Crippen LogP contribution in [0.1, 0.15) is 61.1 Å². The van der Waals surface area contributed by atoms with E-state index in [4.69, 9.17) is 10.2 Å². The molecule has 2 aliphatic rings. The van der Waals surface area contributed by atoms with Gasteiger partial charge in [0.2, 0.25) is 20.0 Å². The molecule has 2 saturated heterocycles. The van der Waals surface area contributed by atoms with E-state index in [0.717, 1.165) is 24.5 Å². The minimum Gasteiger partial charge on any atom is -0.481 e. The van der Waals surface area contributed by atoms with Crippen molar-refractivity contribution in [1.29, 1.82) is 0 Å². The number of aliphatic carboxylic acids is 2. The molecule has 2 aliphatic heterocycles. The van der Waals surface area contributed by atoms with Gasteiger partial charge in [0, 0.05) is 62.7 Å². The highest BCUT2D eigenvalue weighted by Gasteiger charge is 2.41. The molecule has 4 aromatic rings. The van der Waals surface area contributed by atoms with Gasteiger partial charge < -0.3 is 20.0 Å². The van der Waals surface area contributed by atoms with Crippen molar-refractivity contribution in [3.05, 3.63) is 106 Å². The van der Waals surface area contributed by atoms with E-state index < -0.39 is 67.5 Å². The number of aromatic nitrogens is 2. The summed E-state index contributed by atoms with van der Waals surface area (Å²) in [5.74, 6) is -1.42. The normalized spacial score (nSPS) is 20.4. The lowest BCUT2D eigenvalue weighted by Gasteiger charge is -2.44. The summed E-state index contributed by atoms with van der Waals surface area (Å²) >= 11 is 0. The Morgan fingerprint density at radius 1 is 0.578 bits per heavy atom. The van der Waals surface area contributed by atoms with Crippen LogP contribution >= 0.6 is 0 Å². The van der Waals surface area contributed by atoms with Crippen LogP contribution in [0.15, 0.2) is 82.8 Å². The summed E-state index contributed by atoms with van der Waals surface area (Å²) < 4.78 is 133. The number of nitrogens with zero attached hydrogens (tertiary/aromatic N) is 6. The maximum absolute atomic E-state index is 13.3. The van der Waals surface area contributed by atoms with Crippen LogP contribution in [0.4, 0.5) is 38.0 Å². The lowest BCUT2D eigenvalue weighted by molar-refractivity contribution is -0.138. The second-order valence-electron chi connectivity index (χ2n) is 15.7. The number of hydrogen-bond acceptors (Lipinski definition) is 10. The average Bonchev–Trinajstić information content (AvgIpc) is 3.20. The van der Waals surface area contributed by atoms with Crippen LogP contribution in [0.25, 0.3) is 0 Å². The predicted molar refractivity (Wildman–Crippen MR) is 224 cm³/mol. The van der Waals surface area contributed by atoms with Gasteiger partial charge in [-0.2, -0.15) is 35.0 Å². The second kappa shape index (κ2) is 19.0. The molecular weight excluding hydrogens is 895 g/mol. The van der Waals surface area contributed by atoms with E-state index >= 15 is 0 Å². The van der Waals surface area contributed by atoms with Crippen molar-refractivity contribution in [2.75, 3.05) is 36.0 Å². The lowest BCUT2D eigenvalue weighted by Crippen LogP contribution is -2.59. The van der Waals surface area contributed by atoms with Crippen molar-refractivity contribution in [3.63, 3.8) is 0 Å². The molecular formula is C42H48F6N6O8S2. The van der Waals surface area contributed by atoms with Crippen molar-refractivity contribution in [2.45, 2.75) is 101 Å². The van der Waals surface area contributed by atoms with Gasteiger partial charge in [0.25, 0.3) is 0 Å². The van der Waals surface area contributed by atoms with Gasteiger partial charge in [-0.25, -0.2) is 26.8 Å². The van der Waals surface area contributed by atoms with Gasteiger partial charge in [-0.15, -0.1) is 0 Å². The summed E-state index contributed by atoms with van der Waals surface area (Å²) in [4.78, 5) is 33.6. The monoisotopic (exact) mass is 942 g/mol. The molecule has 4 heterocycles. The molecule has 0 radical (unpaired) electrons. The Bertz CT molecular complexity index is 2390. The fourth-order valence-corrected chi connectivity index (χ4v) is 11.1. The van der Waals surface area contributed by atoms with Crippen LogP contribution in [0.5, 0.6) is 0 Å². The molecule has 0 bridgehead atoms. The first-order valence-corrected chi connectivity index (χ1v) is 22.8. The standard InChI is InChI=1S/2C21H24F3N3O4S/c2*1-13-4-6-18(10-16(13)11-20(28)29)32(30,31)27-9-8-26(14(2)15(27)3)19-7-5-17(12-25-19)21(22,23)24/h2*4-7,10,12,14-15H,8-9,11H2,1-3H3,(H,28,29)/t2*14-,15+/m10/s1. The first kappa shape index (κ1) is 49.7. The van der Waals surface area contributed by atoms with E-state index in [1.165, 1.54) is 45.0 Å². The van der Waals surface area contributed by atoms with Crippen molar-refractivity contribution in [2.24, 2.45) is 0 Å². The summed E-state index contributed by atoms with van der Waals surface area (Å²) in [6.07, 6.45) is -7.99. The molecule has 0 saturated carbocycles. The Balaban J connectivity index is 0.000000241. The van der Waals surface area contributed by atoms with Crippen LogP contribution in [-0.4, -0.2) is 108 Å². The number of anilines is 2. The van der Waals surface area contributed by atoms with E-state index in [-0.39, 0.29) is 60.9 Å². The molecule has 2 fully saturated rings. The number of hydrogen-bond donors (Lipinski definition) is 2. The predicted octanol–water partition coefficient (Wildman–Crippen LogP) is 6.65. The van der Waals surface area contributed by atoms with Crippen LogP contribution in [0.2, 0.25) is 0 Å². The number of sulfonamides is 2. The van der Waals surface area contributed by atoms with Crippen molar-refractivity contribution in [1.82, 2.24) is 18.6 Å². The Hall–Kier alpha value is -5.32. The number of aryl methyl sites for hydroxylation is 2. The minimum absolute atomic E-state index is 0.0134. The number of carbonyl (C=O) groups is 2. The lowest BCUT2D eigenvalue weighted by atomic mass is 10.1. The topological polar surface area (TPSA) is 182 Å². The highest BCUT2D eigenvalue weighted by atomic mass is 32.2. The van der Waals surface area contributed by atoms with E-state index in [0.29, 0.717) is 33.9 Å². The zero-order valence-corrected chi connectivity index (χ0v) is 37.2.